The summed E-state index contributed by atoms with van der Waals surface area (Å²) in [7, 11) is 1.58. The van der Waals surface area contributed by atoms with Crippen LogP contribution in [-0.2, 0) is 6.42 Å². The lowest BCUT2D eigenvalue weighted by Gasteiger charge is -2.10. The van der Waals surface area contributed by atoms with E-state index < -0.39 is 0 Å². The number of hydrogen-bond donors (Lipinski definition) is 0. The highest BCUT2D eigenvalue weighted by Crippen LogP contribution is 2.28. The first-order valence-corrected chi connectivity index (χ1v) is 7.40. The molecule has 0 amide bonds. The molecule has 0 fully saturated rings. The SMILES string of the molecule is COc1ccc(-c2nc(Cl)c(Br)c(CC(C)C)n2)cn1. The molecule has 0 aliphatic carbocycles. The summed E-state index contributed by atoms with van der Waals surface area (Å²) < 4.78 is 5.80. The van der Waals surface area contributed by atoms with Gasteiger partial charge in [0.1, 0.15) is 5.15 Å². The Morgan fingerprint density at radius 1 is 1.30 bits per heavy atom. The second-order valence-electron chi connectivity index (χ2n) is 4.79. The summed E-state index contributed by atoms with van der Waals surface area (Å²) in [6, 6.07) is 3.64. The largest absolute Gasteiger partial charge is 0.481 e. The zero-order valence-electron chi connectivity index (χ0n) is 11.5. The Hall–Kier alpha value is -1.20. The molecule has 0 saturated carbocycles. The van der Waals surface area contributed by atoms with Gasteiger partial charge < -0.3 is 4.74 Å². The lowest BCUT2D eigenvalue weighted by atomic mass is 10.1. The minimum Gasteiger partial charge on any atom is -0.481 e. The van der Waals surface area contributed by atoms with Crippen LogP contribution >= 0.6 is 27.5 Å². The lowest BCUT2D eigenvalue weighted by molar-refractivity contribution is 0.398. The van der Waals surface area contributed by atoms with E-state index in [-0.39, 0.29) is 0 Å². The number of ether oxygens (including phenoxy) is 1. The Morgan fingerprint density at radius 2 is 2.05 bits per heavy atom. The molecular formula is C14H15BrClN3O. The van der Waals surface area contributed by atoms with Gasteiger partial charge in [-0.05, 0) is 34.3 Å². The van der Waals surface area contributed by atoms with Gasteiger partial charge in [-0.1, -0.05) is 25.4 Å². The average molecular weight is 357 g/mol. The molecule has 0 bridgehead atoms. The summed E-state index contributed by atoms with van der Waals surface area (Å²) in [5, 5.41) is 0.418. The first-order valence-electron chi connectivity index (χ1n) is 6.23. The van der Waals surface area contributed by atoms with Crippen LogP contribution in [0.3, 0.4) is 0 Å². The number of rotatable bonds is 4. The number of nitrogens with zero attached hydrogens (tertiary/aromatic N) is 3. The Labute approximate surface area is 131 Å². The highest BCUT2D eigenvalue weighted by Gasteiger charge is 2.13. The van der Waals surface area contributed by atoms with Crippen molar-refractivity contribution in [3.05, 3.63) is 33.6 Å². The first-order chi connectivity index (χ1) is 9.51. The van der Waals surface area contributed by atoms with Gasteiger partial charge in [0.2, 0.25) is 5.88 Å². The van der Waals surface area contributed by atoms with Crippen molar-refractivity contribution in [1.29, 1.82) is 0 Å². The maximum absolute atomic E-state index is 6.17. The van der Waals surface area contributed by atoms with Gasteiger partial charge in [-0.2, -0.15) is 0 Å². The van der Waals surface area contributed by atoms with Crippen LogP contribution < -0.4 is 4.74 Å². The Balaban J connectivity index is 2.42. The Kier molecular flexibility index (Phi) is 4.94. The van der Waals surface area contributed by atoms with Crippen LogP contribution in [0.25, 0.3) is 11.4 Å². The maximum atomic E-state index is 6.17. The van der Waals surface area contributed by atoms with E-state index >= 15 is 0 Å². The van der Waals surface area contributed by atoms with Crippen LogP contribution in [0.4, 0.5) is 0 Å². The molecule has 0 atom stereocenters. The Morgan fingerprint density at radius 3 is 2.60 bits per heavy atom. The summed E-state index contributed by atoms with van der Waals surface area (Å²) in [4.78, 5) is 13.0. The van der Waals surface area contributed by atoms with Gasteiger partial charge in [0.05, 0.1) is 17.3 Å². The second-order valence-corrected chi connectivity index (χ2v) is 5.94. The summed E-state index contributed by atoms with van der Waals surface area (Å²) in [6.45, 7) is 4.27. The third-order valence-corrected chi connectivity index (χ3v) is 4.02. The lowest BCUT2D eigenvalue weighted by Crippen LogP contribution is -2.03. The van der Waals surface area contributed by atoms with Gasteiger partial charge >= 0.3 is 0 Å². The second kappa shape index (κ2) is 6.50. The molecule has 2 aromatic heterocycles. The minimum absolute atomic E-state index is 0.418. The van der Waals surface area contributed by atoms with E-state index in [1.165, 1.54) is 0 Å². The van der Waals surface area contributed by atoms with Crippen LogP contribution in [0.1, 0.15) is 19.5 Å². The fourth-order valence-corrected chi connectivity index (χ4v) is 2.28. The van der Waals surface area contributed by atoms with Gasteiger partial charge in [-0.15, -0.1) is 0 Å². The molecule has 0 radical (unpaired) electrons. The van der Waals surface area contributed by atoms with E-state index in [1.807, 2.05) is 6.07 Å². The van der Waals surface area contributed by atoms with Crippen molar-refractivity contribution in [3.63, 3.8) is 0 Å². The van der Waals surface area contributed by atoms with Crippen molar-refractivity contribution < 1.29 is 4.74 Å². The monoisotopic (exact) mass is 355 g/mol. The quantitative estimate of drug-likeness (QED) is 0.772. The molecule has 0 N–H and O–H groups in total. The van der Waals surface area contributed by atoms with Crippen LogP contribution in [-0.4, -0.2) is 22.1 Å². The van der Waals surface area contributed by atoms with Gasteiger partial charge in [-0.3, -0.25) is 0 Å². The predicted octanol–water partition coefficient (Wildman–Crippen LogP) is 4.16. The summed E-state index contributed by atoms with van der Waals surface area (Å²) in [5.41, 5.74) is 1.72. The molecule has 2 rings (SSSR count). The molecule has 2 heterocycles. The molecule has 0 aliphatic rings. The van der Waals surface area contributed by atoms with Crippen molar-refractivity contribution in [2.75, 3.05) is 7.11 Å². The third-order valence-electron chi connectivity index (χ3n) is 2.68. The number of aromatic nitrogens is 3. The number of methoxy groups -OCH3 is 1. The van der Waals surface area contributed by atoms with Gasteiger partial charge in [0, 0.05) is 17.8 Å². The number of hydrogen-bond acceptors (Lipinski definition) is 4. The molecule has 6 heteroatoms. The van der Waals surface area contributed by atoms with Crippen LogP contribution in [0.2, 0.25) is 5.15 Å². The molecule has 20 heavy (non-hydrogen) atoms. The van der Waals surface area contributed by atoms with Crippen LogP contribution in [0.5, 0.6) is 5.88 Å². The number of halogens is 2. The van der Waals surface area contributed by atoms with E-state index in [0.29, 0.717) is 22.8 Å². The molecule has 0 unspecified atom stereocenters. The standard InChI is InChI=1S/C14H15BrClN3O/c1-8(2)6-10-12(15)13(16)19-14(18-10)9-4-5-11(20-3)17-7-9/h4-5,7-8H,6H2,1-3H3. The van der Waals surface area contributed by atoms with E-state index in [0.717, 1.165) is 22.2 Å². The maximum Gasteiger partial charge on any atom is 0.212 e. The fourth-order valence-electron chi connectivity index (χ4n) is 1.75. The van der Waals surface area contributed by atoms with E-state index in [1.54, 1.807) is 19.4 Å². The molecule has 4 nitrogen and oxygen atoms in total. The predicted molar refractivity (Wildman–Crippen MR) is 83.1 cm³/mol. The molecule has 0 aromatic carbocycles. The molecular weight excluding hydrogens is 342 g/mol. The van der Waals surface area contributed by atoms with Gasteiger partial charge in [0.15, 0.2) is 5.82 Å². The molecule has 0 saturated heterocycles. The first kappa shape index (κ1) is 15.2. The van der Waals surface area contributed by atoms with Crippen molar-refractivity contribution >= 4 is 27.5 Å². The van der Waals surface area contributed by atoms with E-state index in [2.05, 4.69) is 44.7 Å². The van der Waals surface area contributed by atoms with Gasteiger partial charge in [-0.25, -0.2) is 15.0 Å². The molecule has 0 spiro atoms. The highest BCUT2D eigenvalue weighted by molar-refractivity contribution is 9.10. The summed E-state index contributed by atoms with van der Waals surface area (Å²) in [5.74, 6) is 1.61. The van der Waals surface area contributed by atoms with E-state index in [9.17, 15) is 0 Å². The minimum atomic E-state index is 0.418. The average Bonchev–Trinajstić information content (AvgIpc) is 2.43. The highest BCUT2D eigenvalue weighted by atomic mass is 79.9. The molecule has 0 aliphatic heterocycles. The number of pyridine rings is 1. The smallest absolute Gasteiger partial charge is 0.212 e. The van der Waals surface area contributed by atoms with Gasteiger partial charge in [0.25, 0.3) is 0 Å². The van der Waals surface area contributed by atoms with Crippen LogP contribution in [0, 0.1) is 5.92 Å². The molecule has 106 valence electrons. The van der Waals surface area contributed by atoms with Crippen molar-refractivity contribution in [3.8, 4) is 17.3 Å². The zero-order chi connectivity index (χ0) is 14.7. The van der Waals surface area contributed by atoms with Crippen molar-refractivity contribution in [1.82, 2.24) is 15.0 Å². The van der Waals surface area contributed by atoms with Crippen molar-refractivity contribution in [2.45, 2.75) is 20.3 Å². The van der Waals surface area contributed by atoms with Crippen LogP contribution in [0.15, 0.2) is 22.8 Å². The normalized spacial score (nSPS) is 10.9. The summed E-state index contributed by atoms with van der Waals surface area (Å²) >= 11 is 9.61. The van der Waals surface area contributed by atoms with E-state index in [4.69, 9.17) is 16.3 Å². The molecule has 2 aromatic rings. The Bertz CT molecular complexity index is 602. The fraction of sp³-hybridized carbons (Fsp3) is 0.357. The summed E-state index contributed by atoms with van der Waals surface area (Å²) in [6.07, 6.45) is 2.51. The third kappa shape index (κ3) is 3.46. The topological polar surface area (TPSA) is 47.9 Å². The zero-order valence-corrected chi connectivity index (χ0v) is 13.9. The van der Waals surface area contributed by atoms with Crippen molar-refractivity contribution in [2.24, 2.45) is 5.92 Å².